The topological polar surface area (TPSA) is 77.5 Å². The fraction of sp³-hybridized carbons (Fsp3) is 0.0556. The molecule has 0 fully saturated rings. The maximum atomic E-state index is 5.99. The van der Waals surface area contributed by atoms with Crippen LogP contribution in [0.4, 0.5) is 12.0 Å². The van der Waals surface area contributed by atoms with Gasteiger partial charge in [0, 0.05) is 16.0 Å². The van der Waals surface area contributed by atoms with Crippen molar-refractivity contribution in [1.29, 1.82) is 0 Å². The van der Waals surface area contributed by atoms with Crippen molar-refractivity contribution in [2.45, 2.75) is 0 Å². The van der Waals surface area contributed by atoms with Crippen molar-refractivity contribution in [2.24, 2.45) is 0 Å². The minimum atomic E-state index is 0.310. The van der Waals surface area contributed by atoms with Crippen molar-refractivity contribution in [1.82, 2.24) is 19.6 Å². The van der Waals surface area contributed by atoms with E-state index >= 15 is 0 Å². The molecule has 2 aromatic carbocycles. The summed E-state index contributed by atoms with van der Waals surface area (Å²) >= 11 is 7.48. The number of fused-ring (bicyclic) bond motifs is 2. The van der Waals surface area contributed by atoms with E-state index in [9.17, 15) is 0 Å². The van der Waals surface area contributed by atoms with E-state index in [1.165, 1.54) is 11.3 Å². The van der Waals surface area contributed by atoms with Gasteiger partial charge in [-0.05, 0) is 30.3 Å². The normalized spacial score (nSPS) is 11.3. The molecular weight excluding hydrogens is 386 g/mol. The number of thiazole rings is 1. The largest absolute Gasteiger partial charge is 0.496 e. The van der Waals surface area contributed by atoms with E-state index in [0.29, 0.717) is 28.1 Å². The van der Waals surface area contributed by atoms with E-state index in [0.717, 1.165) is 22.0 Å². The van der Waals surface area contributed by atoms with E-state index < -0.39 is 0 Å². The fourth-order valence-electron chi connectivity index (χ4n) is 2.83. The molecule has 0 radical (unpaired) electrons. The highest BCUT2D eigenvalue weighted by Gasteiger charge is 2.16. The van der Waals surface area contributed by atoms with Crippen LogP contribution in [-0.4, -0.2) is 26.7 Å². The fourth-order valence-corrected chi connectivity index (χ4v) is 3.81. The zero-order valence-electron chi connectivity index (χ0n) is 14.0. The summed E-state index contributed by atoms with van der Waals surface area (Å²) in [5, 5.41) is 10.1. The van der Waals surface area contributed by atoms with E-state index in [2.05, 4.69) is 20.4 Å². The highest BCUT2D eigenvalue weighted by Crippen LogP contribution is 2.33. The first kappa shape index (κ1) is 16.1. The summed E-state index contributed by atoms with van der Waals surface area (Å²) in [4.78, 5) is 9.60. The molecule has 0 unspecified atom stereocenters. The predicted octanol–water partition coefficient (Wildman–Crippen LogP) is 5.00. The average molecular weight is 398 g/mol. The molecule has 9 heteroatoms. The van der Waals surface area contributed by atoms with Gasteiger partial charge >= 0.3 is 6.01 Å². The number of methoxy groups -OCH3 is 1. The average Bonchev–Trinajstić information content (AvgIpc) is 3.35. The summed E-state index contributed by atoms with van der Waals surface area (Å²) in [6, 6.07) is 13.4. The van der Waals surface area contributed by atoms with Crippen LogP contribution in [0, 0.1) is 0 Å². The van der Waals surface area contributed by atoms with Crippen LogP contribution in [-0.2, 0) is 0 Å². The van der Waals surface area contributed by atoms with E-state index in [-0.39, 0.29) is 0 Å². The van der Waals surface area contributed by atoms with Crippen molar-refractivity contribution in [2.75, 3.05) is 12.4 Å². The predicted molar refractivity (Wildman–Crippen MR) is 105 cm³/mol. The second-order valence-corrected chi connectivity index (χ2v) is 6.98. The number of ether oxygens (including phenoxy) is 1. The molecule has 0 saturated carbocycles. The molecule has 27 heavy (non-hydrogen) atoms. The number of para-hydroxylation sites is 1. The third kappa shape index (κ3) is 2.79. The molecule has 1 N–H and O–H groups in total. The van der Waals surface area contributed by atoms with E-state index in [1.807, 2.05) is 29.6 Å². The Hall–Kier alpha value is -3.10. The monoisotopic (exact) mass is 397 g/mol. The van der Waals surface area contributed by atoms with Crippen LogP contribution in [0.25, 0.3) is 27.3 Å². The number of halogens is 1. The van der Waals surface area contributed by atoms with Gasteiger partial charge in [0.15, 0.2) is 5.58 Å². The summed E-state index contributed by atoms with van der Waals surface area (Å²) in [6.45, 7) is 0. The van der Waals surface area contributed by atoms with Crippen LogP contribution in [0.3, 0.4) is 0 Å². The molecule has 0 bridgehead atoms. The lowest BCUT2D eigenvalue weighted by atomic mass is 10.1. The number of anilines is 2. The summed E-state index contributed by atoms with van der Waals surface area (Å²) in [6.07, 6.45) is 0. The second-order valence-electron chi connectivity index (χ2n) is 5.71. The zero-order chi connectivity index (χ0) is 18.4. The van der Waals surface area contributed by atoms with Crippen molar-refractivity contribution in [3.05, 3.63) is 52.9 Å². The van der Waals surface area contributed by atoms with Gasteiger partial charge in [0.05, 0.1) is 12.8 Å². The molecule has 0 amide bonds. The van der Waals surface area contributed by atoms with Gasteiger partial charge in [-0.1, -0.05) is 23.7 Å². The minimum absolute atomic E-state index is 0.310. The number of oxazole rings is 1. The third-order valence-electron chi connectivity index (χ3n) is 4.03. The highest BCUT2D eigenvalue weighted by molar-refractivity contribution is 7.15. The summed E-state index contributed by atoms with van der Waals surface area (Å²) in [7, 11) is 1.65. The number of hydrogen-bond donors (Lipinski definition) is 1. The lowest BCUT2D eigenvalue weighted by Gasteiger charge is -2.06. The lowest BCUT2D eigenvalue weighted by Crippen LogP contribution is -1.95. The molecule has 5 aromatic rings. The molecule has 5 rings (SSSR count). The van der Waals surface area contributed by atoms with Gasteiger partial charge in [-0.15, -0.1) is 16.4 Å². The summed E-state index contributed by atoms with van der Waals surface area (Å²) in [5.74, 6) is 1.17. The van der Waals surface area contributed by atoms with Gasteiger partial charge in [-0.3, -0.25) is 5.32 Å². The van der Waals surface area contributed by atoms with Crippen LogP contribution in [0.15, 0.2) is 52.3 Å². The Morgan fingerprint density at radius 1 is 1.19 bits per heavy atom. The lowest BCUT2D eigenvalue weighted by molar-refractivity contribution is 0.416. The Bertz CT molecular complexity index is 1280. The van der Waals surface area contributed by atoms with Gasteiger partial charge in [-0.25, -0.2) is 4.52 Å². The SMILES string of the molecule is COc1ccccc1-c1csc2nc(Nc3nc4cc(Cl)ccc4o3)nn12. The molecule has 0 aliphatic carbocycles. The molecule has 7 nitrogen and oxygen atoms in total. The number of rotatable bonds is 4. The minimum Gasteiger partial charge on any atom is -0.496 e. The number of aromatic nitrogens is 4. The molecular formula is C18H12ClN5O2S. The van der Waals surface area contributed by atoms with Crippen molar-refractivity contribution in [3.63, 3.8) is 0 Å². The molecule has 3 heterocycles. The van der Waals surface area contributed by atoms with Gasteiger partial charge in [0.1, 0.15) is 11.3 Å². The van der Waals surface area contributed by atoms with Crippen LogP contribution in [0.1, 0.15) is 0 Å². The first-order chi connectivity index (χ1) is 13.2. The van der Waals surface area contributed by atoms with Gasteiger partial charge in [0.25, 0.3) is 5.95 Å². The maximum absolute atomic E-state index is 5.99. The summed E-state index contributed by atoms with van der Waals surface area (Å²) < 4.78 is 12.9. The highest BCUT2D eigenvalue weighted by atomic mass is 35.5. The van der Waals surface area contributed by atoms with Crippen molar-refractivity contribution < 1.29 is 9.15 Å². The van der Waals surface area contributed by atoms with Gasteiger partial charge < -0.3 is 9.15 Å². The second kappa shape index (κ2) is 6.26. The molecule has 3 aromatic heterocycles. The third-order valence-corrected chi connectivity index (χ3v) is 5.08. The van der Waals surface area contributed by atoms with Crippen LogP contribution < -0.4 is 10.1 Å². The smallest absolute Gasteiger partial charge is 0.302 e. The quantitative estimate of drug-likeness (QED) is 0.459. The van der Waals surface area contributed by atoms with Gasteiger partial charge in [-0.2, -0.15) is 9.97 Å². The zero-order valence-corrected chi connectivity index (χ0v) is 15.6. The molecule has 0 aliphatic heterocycles. The first-order valence-corrected chi connectivity index (χ1v) is 9.28. The molecule has 0 aliphatic rings. The number of nitrogens with zero attached hydrogens (tertiary/aromatic N) is 4. The Labute approximate surface area is 162 Å². The standard InChI is InChI=1S/C18H12ClN5O2S/c1-25-14-5-3-2-4-11(14)13-9-27-18-22-16(23-24(13)18)21-17-20-12-8-10(19)6-7-15(12)26-17/h2-9H,1H3,(H,20,21,23). The molecule has 134 valence electrons. The van der Waals surface area contributed by atoms with E-state index in [1.54, 1.807) is 29.8 Å². The van der Waals surface area contributed by atoms with E-state index in [4.69, 9.17) is 20.8 Å². The number of nitrogens with one attached hydrogen (secondary N) is 1. The van der Waals surface area contributed by atoms with Crippen molar-refractivity contribution >= 4 is 51.0 Å². The van der Waals surface area contributed by atoms with Gasteiger partial charge in [0.2, 0.25) is 4.96 Å². The molecule has 0 atom stereocenters. The number of hydrogen-bond acceptors (Lipinski definition) is 7. The number of benzene rings is 2. The maximum Gasteiger partial charge on any atom is 0.302 e. The Morgan fingerprint density at radius 3 is 2.96 bits per heavy atom. The van der Waals surface area contributed by atoms with Crippen LogP contribution in [0.2, 0.25) is 5.02 Å². The Morgan fingerprint density at radius 2 is 2.07 bits per heavy atom. The first-order valence-electron chi connectivity index (χ1n) is 8.02. The molecule has 0 saturated heterocycles. The van der Waals surface area contributed by atoms with Crippen molar-refractivity contribution in [3.8, 4) is 17.0 Å². The van der Waals surface area contributed by atoms with Crippen LogP contribution >= 0.6 is 22.9 Å². The Kier molecular flexibility index (Phi) is 3.73. The molecule has 0 spiro atoms. The Balaban J connectivity index is 1.52. The van der Waals surface area contributed by atoms with Crippen LogP contribution in [0.5, 0.6) is 5.75 Å². The summed E-state index contributed by atoms with van der Waals surface area (Å²) in [5.41, 5.74) is 3.15.